The smallest absolute Gasteiger partial charge is 0.375 e. The van der Waals surface area contributed by atoms with Gasteiger partial charge in [-0.25, -0.2) is 4.57 Å². The van der Waals surface area contributed by atoms with Crippen molar-refractivity contribution >= 4 is 25.6 Å². The fourth-order valence-electron chi connectivity index (χ4n) is 8.25. The van der Waals surface area contributed by atoms with Crippen LogP contribution in [-0.2, 0) is 31.0 Å². The predicted molar refractivity (Wildman–Crippen MR) is 273 cm³/mol. The lowest BCUT2D eigenvalue weighted by Crippen LogP contribution is -2.21. The maximum absolute atomic E-state index is 12.6. The Morgan fingerprint density at radius 1 is 0.688 bits per heavy atom. The Morgan fingerprint density at radius 2 is 1.06 bits per heavy atom. The summed E-state index contributed by atoms with van der Waals surface area (Å²) in [7, 11) is -0.563. The van der Waals surface area contributed by atoms with E-state index in [4.69, 9.17) is 20.3 Å². The number of phenols is 3. The van der Waals surface area contributed by atoms with Crippen molar-refractivity contribution in [2.24, 2.45) is 11.8 Å². The van der Waals surface area contributed by atoms with Crippen molar-refractivity contribution < 1.29 is 38.0 Å². The molecule has 9 nitrogen and oxygen atoms in total. The lowest BCUT2D eigenvalue weighted by Gasteiger charge is -2.32. The van der Waals surface area contributed by atoms with Crippen LogP contribution in [0.1, 0.15) is 161 Å². The van der Waals surface area contributed by atoms with Crippen LogP contribution in [0.3, 0.4) is 0 Å². The molecule has 0 spiro atoms. The molecule has 64 heavy (non-hydrogen) atoms. The minimum Gasteiger partial charge on any atom is -0.507 e. The molecule has 2 aromatic rings. The molecule has 0 aromatic heterocycles. The summed E-state index contributed by atoms with van der Waals surface area (Å²) in [6.45, 7) is 31.2. The zero-order valence-corrected chi connectivity index (χ0v) is 44.4. The number of halogens is 1. The van der Waals surface area contributed by atoms with Gasteiger partial charge in [0.1, 0.15) is 23.0 Å². The normalized spacial score (nSPS) is 20.0. The van der Waals surface area contributed by atoms with Crippen LogP contribution in [0.15, 0.2) is 71.9 Å². The Morgan fingerprint density at radius 3 is 1.39 bits per heavy atom. The lowest BCUT2D eigenvalue weighted by molar-refractivity contribution is 0.321. The van der Waals surface area contributed by atoms with Gasteiger partial charge in [-0.05, 0) is 157 Å². The second kappa shape index (κ2) is 29.8. The van der Waals surface area contributed by atoms with Crippen LogP contribution in [0.25, 0.3) is 0 Å². The average molecular weight is 951 g/mol. The van der Waals surface area contributed by atoms with Crippen LogP contribution in [0.5, 0.6) is 23.0 Å². The number of allylic oxidation sites excluding steroid dienone is 6. The third kappa shape index (κ3) is 20.8. The summed E-state index contributed by atoms with van der Waals surface area (Å²) >= 11 is 5.05. The summed E-state index contributed by atoms with van der Waals surface area (Å²) in [5.74, 6) is 1.55. The molecule has 364 valence electrons. The summed E-state index contributed by atoms with van der Waals surface area (Å²) in [6, 6.07) is 7.42. The monoisotopic (exact) mass is 950 g/mol. The average Bonchev–Trinajstić information content (AvgIpc) is 3.21. The summed E-state index contributed by atoms with van der Waals surface area (Å²) in [5, 5.41) is 32.1. The van der Waals surface area contributed by atoms with Crippen molar-refractivity contribution in [2.75, 3.05) is 47.2 Å². The van der Waals surface area contributed by atoms with E-state index in [2.05, 4.69) is 83.2 Å². The molecule has 4 rings (SSSR count). The molecule has 2 aliphatic rings. The largest absolute Gasteiger partial charge is 0.507 e. The third-order valence-corrected chi connectivity index (χ3v) is 14.5. The van der Waals surface area contributed by atoms with E-state index in [1.807, 2.05) is 38.1 Å². The maximum atomic E-state index is 12.6. The molecule has 0 fully saturated rings. The second-order valence-corrected chi connectivity index (χ2v) is 23.4. The Kier molecular flexibility index (Phi) is 27.6. The lowest BCUT2D eigenvalue weighted by atomic mass is 9.73. The zero-order valence-electron chi connectivity index (χ0n) is 41.9. The van der Waals surface area contributed by atoms with Gasteiger partial charge in [-0.3, -0.25) is 4.57 Å². The number of phenolic OH excluding ortho intramolecular Hbond substituents is 3. The van der Waals surface area contributed by atoms with E-state index in [1.54, 1.807) is 0 Å². The zero-order chi connectivity index (χ0) is 48.8. The molecule has 2 aliphatic carbocycles. The topological polar surface area (TPSA) is 126 Å². The number of nitrogens with zero attached hydrogens (tertiary/aromatic N) is 1. The molecule has 2 aromatic carbocycles. The number of hydrogen-bond donors (Lipinski definition) is 3. The van der Waals surface area contributed by atoms with Crippen molar-refractivity contribution in [3.8, 4) is 23.0 Å². The van der Waals surface area contributed by atoms with E-state index in [0.717, 1.165) is 86.5 Å². The number of unbranched alkanes of at least 4 members (excludes halogenated alkanes) is 4. The fourth-order valence-corrected chi connectivity index (χ4v) is 8.83. The first-order valence-corrected chi connectivity index (χ1v) is 28.4. The van der Waals surface area contributed by atoms with Gasteiger partial charge in [0.2, 0.25) is 0 Å². The van der Waals surface area contributed by atoms with Crippen LogP contribution in [0, 0.1) is 11.8 Å². The number of benzene rings is 2. The first-order chi connectivity index (χ1) is 30.0. The van der Waals surface area contributed by atoms with E-state index in [-0.39, 0.29) is 40.9 Å². The van der Waals surface area contributed by atoms with Crippen LogP contribution < -0.4 is 4.52 Å². The van der Waals surface area contributed by atoms with E-state index in [1.165, 1.54) is 71.2 Å². The van der Waals surface area contributed by atoms with Crippen LogP contribution >= 0.6 is 25.6 Å². The Balaban J connectivity index is 0.000000506. The van der Waals surface area contributed by atoms with Crippen molar-refractivity contribution in [2.45, 2.75) is 151 Å². The molecule has 0 radical (unpaired) electrons. The minimum atomic E-state index is -3.26. The first-order valence-electron chi connectivity index (χ1n) is 23.5. The van der Waals surface area contributed by atoms with Gasteiger partial charge in [-0.2, -0.15) is 0 Å². The van der Waals surface area contributed by atoms with Crippen LogP contribution in [0.2, 0.25) is 0 Å². The predicted octanol–water partition coefficient (Wildman–Crippen LogP) is 15.9. The quantitative estimate of drug-likeness (QED) is 0.0717. The SMILES string of the molecule is C=C(C)C1CCC(C)=CC1c1c(O)cc(CCCCC)cc1O.C=C(C)C1CCC(C)=CC1c1c(O)cc(CCCCC)cc1OP(C)(=O)OC.CCN(CC)CC.COP(C)(=O)Cl. The summed E-state index contributed by atoms with van der Waals surface area (Å²) in [6.07, 6.45) is 16.9. The van der Waals surface area contributed by atoms with Crippen molar-refractivity contribution in [3.63, 3.8) is 0 Å². The van der Waals surface area contributed by atoms with E-state index >= 15 is 0 Å². The molecular formula is C52H86ClNO8P2. The Hall–Kier alpha value is -2.77. The van der Waals surface area contributed by atoms with Gasteiger partial charge in [-0.1, -0.05) is 108 Å². The van der Waals surface area contributed by atoms with Gasteiger partial charge >= 0.3 is 7.60 Å². The molecule has 6 unspecified atom stereocenters. The Bertz CT molecular complexity index is 1890. The standard InChI is InChI=1S/C23H35O4P.C21H30O2.C6H15N.C2H6ClO2P/c1-7-8-9-10-18-14-21(24)23(22(15-18)27-28(6,25)26-5)20-13-17(4)11-12-19(20)16(2)3;1-5-6-7-8-16-12-19(22)21(20(23)13-16)18-11-15(4)9-10-17(18)14(2)3;1-4-7(5-2)6-3;1-5-6(2,3)4/h13-15,19-20,24H,2,7-12H2,1,3-6H3;11-13,17-18,22-23H,2,5-10H2,1,3-4H3;4-6H2,1-3H3;1-2H3. The molecule has 0 amide bonds. The molecule has 12 heteroatoms. The van der Waals surface area contributed by atoms with Gasteiger partial charge in [0.25, 0.3) is 6.72 Å². The van der Waals surface area contributed by atoms with E-state index < -0.39 is 14.3 Å². The number of aryl methyl sites for hydroxylation is 2. The van der Waals surface area contributed by atoms with Gasteiger partial charge in [0.15, 0.2) is 0 Å². The first kappa shape index (κ1) is 59.2. The summed E-state index contributed by atoms with van der Waals surface area (Å²) in [4.78, 5) is 2.38. The molecule has 0 saturated heterocycles. The third-order valence-electron chi connectivity index (χ3n) is 12.2. The minimum absolute atomic E-state index is 0.0194. The Labute approximate surface area is 394 Å². The number of rotatable bonds is 19. The van der Waals surface area contributed by atoms with Crippen molar-refractivity contribution in [3.05, 3.63) is 94.1 Å². The van der Waals surface area contributed by atoms with Crippen molar-refractivity contribution in [1.82, 2.24) is 4.90 Å². The highest BCUT2D eigenvalue weighted by molar-refractivity contribution is 7.84. The summed E-state index contributed by atoms with van der Waals surface area (Å²) in [5.41, 5.74) is 8.15. The molecular weight excluding hydrogens is 864 g/mol. The van der Waals surface area contributed by atoms with Gasteiger partial charge in [0.05, 0.1) is 0 Å². The van der Waals surface area contributed by atoms with Crippen molar-refractivity contribution in [1.29, 1.82) is 0 Å². The van der Waals surface area contributed by atoms with Gasteiger partial charge in [-0.15, -0.1) is 0 Å². The van der Waals surface area contributed by atoms with Gasteiger partial charge < -0.3 is 33.8 Å². The molecule has 0 aliphatic heterocycles. The van der Waals surface area contributed by atoms with E-state index in [0.29, 0.717) is 16.9 Å². The highest BCUT2D eigenvalue weighted by Gasteiger charge is 2.33. The highest BCUT2D eigenvalue weighted by atomic mass is 35.7. The van der Waals surface area contributed by atoms with Crippen LogP contribution in [0.4, 0.5) is 0 Å². The highest BCUT2D eigenvalue weighted by Crippen LogP contribution is 2.52. The molecule has 3 N–H and O–H groups in total. The van der Waals surface area contributed by atoms with Gasteiger partial charge in [0, 0.05) is 50.5 Å². The summed E-state index contributed by atoms with van der Waals surface area (Å²) < 4.78 is 37.9. The molecule has 0 saturated carbocycles. The maximum Gasteiger partial charge on any atom is 0.375 e. The number of aromatic hydroxyl groups is 3. The van der Waals surface area contributed by atoms with E-state index in [9.17, 15) is 24.4 Å². The molecule has 0 bridgehead atoms. The molecule has 6 atom stereocenters. The van der Waals surface area contributed by atoms with Crippen LogP contribution in [-0.4, -0.2) is 67.4 Å². The molecule has 0 heterocycles. The fraction of sp³-hybridized carbons (Fsp3) is 0.615. The second-order valence-electron chi connectivity index (χ2n) is 17.6. The number of hydrogen-bond acceptors (Lipinski definition) is 9.